The highest BCUT2D eigenvalue weighted by Crippen LogP contribution is 2.27. The molecular weight excluding hydrogens is 675 g/mol. The van der Waals surface area contributed by atoms with E-state index in [0.29, 0.717) is 0 Å². The summed E-state index contributed by atoms with van der Waals surface area (Å²) >= 11 is 0. The number of rotatable bonds is 4. The molecule has 0 aliphatic carbocycles. The Morgan fingerprint density at radius 3 is 0.574 bits per heavy atom. The fourth-order valence-corrected chi connectivity index (χ4v) is 5.16. The predicted molar refractivity (Wildman–Crippen MR) is 136 cm³/mol. The molecule has 0 atom stereocenters. The minimum absolute atomic E-state index is 0.731. The molecule has 0 bridgehead atoms. The quantitative estimate of drug-likeness (QED) is 0.0830. The monoisotopic (exact) mass is 685 g/mol. The average Bonchev–Trinajstić information content (AvgIpc) is 3.01. The van der Waals surface area contributed by atoms with Gasteiger partial charge in [-0.05, 0) is 0 Å². The maximum absolute atomic E-state index is 15.3. The molecule has 0 unspecified atom stereocenters. The maximum atomic E-state index is 15.3. The van der Waals surface area contributed by atoms with Crippen LogP contribution in [0.4, 0.5) is 70.2 Å². The highest BCUT2D eigenvalue weighted by Gasteiger charge is 2.49. The Kier molecular flexibility index (Phi) is 9.69. The Morgan fingerprint density at radius 2 is 0.404 bits per heavy atom. The molecule has 0 fully saturated rings. The lowest BCUT2D eigenvalue weighted by molar-refractivity contribution is 0.434. The van der Waals surface area contributed by atoms with E-state index in [1.807, 2.05) is 36.4 Å². The zero-order valence-electron chi connectivity index (χ0n) is 22.4. The number of hydrogen-bond donors (Lipinski definition) is 0. The third-order valence-electron chi connectivity index (χ3n) is 7.00. The summed E-state index contributed by atoms with van der Waals surface area (Å²) in [7, 11) is 0. The fraction of sp³-hybridized carbons (Fsp3) is 0. The second-order valence-corrected chi connectivity index (χ2v) is 9.55. The molecule has 47 heavy (non-hydrogen) atoms. The molecule has 0 radical (unpaired) electrons. The van der Waals surface area contributed by atoms with Crippen molar-refractivity contribution in [2.45, 2.75) is 0 Å². The van der Waals surface area contributed by atoms with Gasteiger partial charge in [0.15, 0.2) is 46.5 Å². The molecule has 5 rings (SSSR count). The predicted octanol–water partition coefficient (Wildman–Crippen LogP) is 6.98. The van der Waals surface area contributed by atoms with Crippen molar-refractivity contribution in [3.63, 3.8) is 0 Å². The number of benzene rings is 5. The smallest absolute Gasteiger partial charge is 0.191 e. The number of hydrogen-bond acceptors (Lipinski definition) is 0. The van der Waals surface area contributed by atoms with E-state index in [9.17, 15) is 35.1 Å². The average molecular weight is 685 g/mol. The van der Waals surface area contributed by atoms with Crippen molar-refractivity contribution in [3.05, 3.63) is 154 Å². The molecule has 0 nitrogen and oxygen atoms in total. The van der Waals surface area contributed by atoms with E-state index < -0.39 is 145 Å². The summed E-state index contributed by atoms with van der Waals surface area (Å²) in [5.74, 6) is -45.1. The Morgan fingerprint density at radius 1 is 0.234 bits per heavy atom. The topological polar surface area (TPSA) is 0 Å². The fourth-order valence-electron chi connectivity index (χ4n) is 5.16. The largest absolute Gasteiger partial charge is 0.210 e. The maximum Gasteiger partial charge on any atom is 0.191 e. The first-order chi connectivity index (χ1) is 22.0. The van der Waals surface area contributed by atoms with Crippen LogP contribution in [0, 0.1) is 93.1 Å². The van der Waals surface area contributed by atoms with Gasteiger partial charge in [-0.2, -0.15) is 0 Å². The van der Waals surface area contributed by atoms with Gasteiger partial charge in [-0.25, -0.2) is 70.2 Å². The molecule has 246 valence electrons. The summed E-state index contributed by atoms with van der Waals surface area (Å²) in [4.78, 5) is 0. The van der Waals surface area contributed by atoms with Gasteiger partial charge in [-0.1, -0.05) is 36.4 Å². The molecule has 0 heterocycles. The van der Waals surface area contributed by atoms with Crippen LogP contribution >= 0.6 is 0 Å². The van der Waals surface area contributed by atoms with Gasteiger partial charge in [0.2, 0.25) is 0 Å². The van der Waals surface area contributed by atoms with E-state index in [-0.39, 0.29) is 0 Å². The second-order valence-electron chi connectivity index (χ2n) is 9.55. The first-order valence-corrected chi connectivity index (χ1v) is 12.5. The molecular formula is C30H10BF16-. The van der Waals surface area contributed by atoms with Crippen LogP contribution in [-0.4, -0.2) is 6.15 Å². The van der Waals surface area contributed by atoms with Gasteiger partial charge >= 0.3 is 0 Å². The van der Waals surface area contributed by atoms with Gasteiger partial charge in [0.1, 0.15) is 29.4 Å². The Bertz CT molecular complexity index is 1730. The highest BCUT2D eigenvalue weighted by molar-refractivity contribution is 7.20. The SMILES string of the molecule is Fc1cc(F)c([B-](c2c(F)cc(F)c(F)c2F)(c2c(F)cc(F)c(F)c2F)c2c(F)cc(F)c(F)c2F)c(F)c1F.c1ccccc1. The summed E-state index contributed by atoms with van der Waals surface area (Å²) < 4.78 is 235. The molecule has 5 aromatic rings. The standard InChI is InChI=1S/C24H4BF16.C6H6/c26-5-1-9(30)17(34)21(38)13(5)25(14-6(27)2-10(31)18(35)22(14)39,15-7(28)3-11(32)19(36)23(15)40)16-8(29)4-12(33)20(37)24(16)41;1-2-4-6-5-3-1/h1-4H;1-6H/q-1;. The second kappa shape index (κ2) is 13.0. The first-order valence-electron chi connectivity index (χ1n) is 12.5. The van der Waals surface area contributed by atoms with Crippen molar-refractivity contribution in [3.8, 4) is 0 Å². The van der Waals surface area contributed by atoms with Crippen molar-refractivity contribution in [1.29, 1.82) is 0 Å². The van der Waals surface area contributed by atoms with Gasteiger partial charge in [0.25, 0.3) is 0 Å². The molecule has 17 heteroatoms. The van der Waals surface area contributed by atoms with Crippen LogP contribution in [0.2, 0.25) is 0 Å². The summed E-state index contributed by atoms with van der Waals surface area (Å²) in [6, 6.07) is 9.08. The lowest BCUT2D eigenvalue weighted by Crippen LogP contribution is -2.80. The van der Waals surface area contributed by atoms with Gasteiger partial charge in [0.05, 0.1) is 23.3 Å². The Labute approximate surface area is 252 Å². The summed E-state index contributed by atoms with van der Waals surface area (Å²) in [5.41, 5.74) is -10.9. The lowest BCUT2D eigenvalue weighted by Gasteiger charge is -2.44. The van der Waals surface area contributed by atoms with E-state index in [2.05, 4.69) is 0 Å². The minimum Gasteiger partial charge on any atom is -0.210 e. The van der Waals surface area contributed by atoms with Crippen molar-refractivity contribution in [1.82, 2.24) is 0 Å². The molecule has 5 aromatic carbocycles. The van der Waals surface area contributed by atoms with Crippen molar-refractivity contribution < 1.29 is 70.2 Å². The van der Waals surface area contributed by atoms with Gasteiger partial charge in [-0.3, -0.25) is 0 Å². The van der Waals surface area contributed by atoms with Crippen LogP contribution in [-0.2, 0) is 0 Å². The van der Waals surface area contributed by atoms with E-state index in [0.717, 1.165) is 0 Å². The number of halogens is 16. The summed E-state index contributed by atoms with van der Waals surface area (Å²) in [5, 5.41) is 0. The van der Waals surface area contributed by atoms with Crippen LogP contribution in [0.15, 0.2) is 60.7 Å². The van der Waals surface area contributed by atoms with Gasteiger partial charge < -0.3 is 0 Å². The van der Waals surface area contributed by atoms with Crippen molar-refractivity contribution in [2.24, 2.45) is 0 Å². The summed E-state index contributed by atoms with van der Waals surface area (Å²) in [6.45, 7) is 0. The molecule has 0 amide bonds. The lowest BCUT2D eigenvalue weighted by atomic mass is 9.12. The van der Waals surface area contributed by atoms with E-state index in [1.165, 1.54) is 0 Å². The molecule has 0 aliphatic rings. The van der Waals surface area contributed by atoms with Crippen LogP contribution in [0.1, 0.15) is 0 Å². The van der Waals surface area contributed by atoms with Crippen molar-refractivity contribution >= 4 is 28.0 Å². The normalized spacial score (nSPS) is 11.4. The van der Waals surface area contributed by atoms with Crippen LogP contribution in [0.3, 0.4) is 0 Å². The van der Waals surface area contributed by atoms with Gasteiger partial charge in [0, 0.05) is 24.3 Å². The van der Waals surface area contributed by atoms with E-state index in [4.69, 9.17) is 0 Å². The Balaban J connectivity index is 0.000000748. The van der Waals surface area contributed by atoms with Crippen LogP contribution < -0.4 is 21.9 Å². The summed E-state index contributed by atoms with van der Waals surface area (Å²) in [6.07, 6.45) is -6.18. The zero-order valence-corrected chi connectivity index (χ0v) is 22.4. The molecule has 0 N–H and O–H groups in total. The van der Waals surface area contributed by atoms with Crippen molar-refractivity contribution in [2.75, 3.05) is 0 Å². The third kappa shape index (κ3) is 5.67. The minimum atomic E-state index is -6.18. The van der Waals surface area contributed by atoms with Crippen LogP contribution in [0.5, 0.6) is 0 Å². The molecule has 0 spiro atoms. The zero-order chi connectivity index (χ0) is 35.1. The molecule has 0 saturated heterocycles. The van der Waals surface area contributed by atoms with Gasteiger partial charge in [-0.15, -0.1) is 21.9 Å². The first kappa shape index (κ1) is 34.9. The molecule has 0 aromatic heterocycles. The third-order valence-corrected chi connectivity index (χ3v) is 7.00. The van der Waals surface area contributed by atoms with Crippen LogP contribution in [0.25, 0.3) is 0 Å². The molecule has 0 saturated carbocycles. The molecule has 0 aliphatic heterocycles. The van der Waals surface area contributed by atoms with E-state index in [1.54, 1.807) is 0 Å². The van der Waals surface area contributed by atoms with E-state index >= 15 is 35.1 Å². The highest BCUT2D eigenvalue weighted by atomic mass is 19.2. The Hall–Kier alpha value is -4.96.